The highest BCUT2D eigenvalue weighted by Crippen LogP contribution is 2.22. The molecule has 90 valence electrons. The zero-order chi connectivity index (χ0) is 12.0. The van der Waals surface area contributed by atoms with Crippen LogP contribution in [0.1, 0.15) is 12.5 Å². The number of likely N-dealkylation sites (N-methyl/N-ethyl adjacent to an activating group) is 1. The van der Waals surface area contributed by atoms with E-state index in [0.717, 1.165) is 26.1 Å². The van der Waals surface area contributed by atoms with Gasteiger partial charge in [-0.05, 0) is 30.7 Å². The Morgan fingerprint density at radius 2 is 1.94 bits per heavy atom. The van der Waals surface area contributed by atoms with Gasteiger partial charge < -0.3 is 10.6 Å². The van der Waals surface area contributed by atoms with Crippen molar-refractivity contribution >= 4 is 23.2 Å². The van der Waals surface area contributed by atoms with Crippen molar-refractivity contribution in [1.29, 1.82) is 0 Å². The lowest BCUT2D eigenvalue weighted by atomic mass is 10.1. The molecule has 16 heavy (non-hydrogen) atoms. The number of hydrogen-bond donors (Lipinski definition) is 1. The molecule has 2 nitrogen and oxygen atoms in total. The van der Waals surface area contributed by atoms with Crippen LogP contribution in [0.3, 0.4) is 0 Å². The highest BCUT2D eigenvalue weighted by Gasteiger charge is 2.03. The third-order valence-electron chi connectivity index (χ3n) is 2.59. The molecule has 0 fully saturated rings. The topological polar surface area (TPSA) is 29.3 Å². The van der Waals surface area contributed by atoms with Crippen LogP contribution in [-0.4, -0.2) is 31.1 Å². The monoisotopic (exact) mass is 260 g/mol. The summed E-state index contributed by atoms with van der Waals surface area (Å²) in [5.41, 5.74) is 6.75. The molecule has 2 N–H and O–H groups in total. The van der Waals surface area contributed by atoms with E-state index in [1.807, 2.05) is 18.2 Å². The molecule has 0 radical (unpaired) electrons. The van der Waals surface area contributed by atoms with Gasteiger partial charge in [-0.15, -0.1) is 0 Å². The minimum Gasteiger partial charge on any atom is -0.329 e. The van der Waals surface area contributed by atoms with E-state index in [0.29, 0.717) is 16.6 Å². The minimum atomic E-state index is 0.611. The number of benzene rings is 1. The van der Waals surface area contributed by atoms with Gasteiger partial charge in [0, 0.05) is 19.6 Å². The third kappa shape index (κ3) is 4.30. The normalized spacial score (nSPS) is 11.1. The Morgan fingerprint density at radius 3 is 2.50 bits per heavy atom. The van der Waals surface area contributed by atoms with E-state index in [1.165, 1.54) is 5.56 Å². The molecule has 0 aliphatic heterocycles. The molecule has 1 aromatic carbocycles. The van der Waals surface area contributed by atoms with Gasteiger partial charge in [0.25, 0.3) is 0 Å². The quantitative estimate of drug-likeness (QED) is 0.853. The number of halogens is 2. The fourth-order valence-electron chi connectivity index (χ4n) is 1.59. The van der Waals surface area contributed by atoms with E-state index in [4.69, 9.17) is 28.9 Å². The van der Waals surface area contributed by atoms with Crippen molar-refractivity contribution in [2.75, 3.05) is 26.2 Å². The predicted octanol–water partition coefficient (Wildman–Crippen LogP) is 2.82. The summed E-state index contributed by atoms with van der Waals surface area (Å²) >= 11 is 11.8. The van der Waals surface area contributed by atoms with E-state index in [9.17, 15) is 0 Å². The largest absolute Gasteiger partial charge is 0.329 e. The summed E-state index contributed by atoms with van der Waals surface area (Å²) in [6.07, 6.45) is 0.977. The van der Waals surface area contributed by atoms with Crippen LogP contribution in [0.25, 0.3) is 0 Å². The maximum atomic E-state index is 5.96. The first-order valence-corrected chi connectivity index (χ1v) is 6.29. The molecular formula is C12H18Cl2N2. The maximum Gasteiger partial charge on any atom is 0.0595 e. The Hall–Kier alpha value is -0.280. The van der Waals surface area contributed by atoms with Crippen LogP contribution < -0.4 is 5.73 Å². The van der Waals surface area contributed by atoms with Crippen molar-refractivity contribution < 1.29 is 0 Å². The Bertz CT molecular complexity index is 329. The highest BCUT2D eigenvalue weighted by atomic mass is 35.5. The van der Waals surface area contributed by atoms with Crippen LogP contribution in [0.15, 0.2) is 18.2 Å². The summed E-state index contributed by atoms with van der Waals surface area (Å²) in [6, 6.07) is 5.79. The predicted molar refractivity (Wildman–Crippen MR) is 71.3 cm³/mol. The van der Waals surface area contributed by atoms with Crippen molar-refractivity contribution in [3.63, 3.8) is 0 Å². The zero-order valence-corrected chi connectivity index (χ0v) is 11.1. The molecule has 0 heterocycles. The lowest BCUT2D eigenvalue weighted by Gasteiger charge is -2.19. The number of nitrogens with two attached hydrogens (primary N) is 1. The van der Waals surface area contributed by atoms with E-state index in [1.54, 1.807) is 0 Å². The number of nitrogens with zero attached hydrogens (tertiary/aromatic N) is 1. The molecule has 0 aliphatic rings. The van der Waals surface area contributed by atoms with Crippen molar-refractivity contribution in [1.82, 2.24) is 4.90 Å². The highest BCUT2D eigenvalue weighted by molar-refractivity contribution is 6.42. The molecule has 0 saturated carbocycles. The fourth-order valence-corrected chi connectivity index (χ4v) is 1.91. The standard InChI is InChI=1S/C12H18Cl2N2/c1-2-16(8-6-15)7-5-10-3-4-11(13)12(14)9-10/h3-4,9H,2,5-8,15H2,1H3. The minimum absolute atomic E-state index is 0.611. The third-order valence-corrected chi connectivity index (χ3v) is 3.33. The Labute approximate surface area is 107 Å². The summed E-state index contributed by atoms with van der Waals surface area (Å²) in [4.78, 5) is 2.32. The lowest BCUT2D eigenvalue weighted by molar-refractivity contribution is 0.300. The van der Waals surface area contributed by atoms with E-state index in [-0.39, 0.29) is 0 Å². The second-order valence-electron chi connectivity index (χ2n) is 3.72. The van der Waals surface area contributed by atoms with Crippen LogP contribution >= 0.6 is 23.2 Å². The zero-order valence-electron chi connectivity index (χ0n) is 9.55. The first kappa shape index (κ1) is 13.8. The molecule has 0 unspecified atom stereocenters. The molecule has 0 aromatic heterocycles. The first-order chi connectivity index (χ1) is 7.67. The van der Waals surface area contributed by atoms with E-state index < -0.39 is 0 Å². The van der Waals surface area contributed by atoms with Crippen molar-refractivity contribution in [2.45, 2.75) is 13.3 Å². The van der Waals surface area contributed by atoms with Crippen molar-refractivity contribution in [3.05, 3.63) is 33.8 Å². The first-order valence-electron chi connectivity index (χ1n) is 5.53. The summed E-state index contributed by atoms with van der Waals surface area (Å²) in [6.45, 7) is 5.82. The molecule has 0 bridgehead atoms. The maximum absolute atomic E-state index is 5.96. The van der Waals surface area contributed by atoms with Gasteiger partial charge in [0.2, 0.25) is 0 Å². The average Bonchev–Trinajstić information content (AvgIpc) is 2.28. The molecular weight excluding hydrogens is 243 g/mol. The molecule has 0 atom stereocenters. The van der Waals surface area contributed by atoms with Crippen LogP contribution in [-0.2, 0) is 6.42 Å². The van der Waals surface area contributed by atoms with Gasteiger partial charge in [-0.2, -0.15) is 0 Å². The Kier molecular flexibility index (Phi) is 6.14. The van der Waals surface area contributed by atoms with Gasteiger partial charge in [0.05, 0.1) is 10.0 Å². The summed E-state index contributed by atoms with van der Waals surface area (Å²) in [5.74, 6) is 0. The van der Waals surface area contributed by atoms with Crippen molar-refractivity contribution in [3.8, 4) is 0 Å². The van der Waals surface area contributed by atoms with Crippen LogP contribution in [0.2, 0.25) is 10.0 Å². The van der Waals surface area contributed by atoms with Crippen LogP contribution in [0, 0.1) is 0 Å². The average molecular weight is 261 g/mol. The van der Waals surface area contributed by atoms with Crippen LogP contribution in [0.4, 0.5) is 0 Å². The van der Waals surface area contributed by atoms with Gasteiger partial charge in [0.15, 0.2) is 0 Å². The molecule has 0 spiro atoms. The fraction of sp³-hybridized carbons (Fsp3) is 0.500. The second kappa shape index (κ2) is 7.13. The van der Waals surface area contributed by atoms with Gasteiger partial charge in [-0.1, -0.05) is 36.2 Å². The second-order valence-corrected chi connectivity index (χ2v) is 4.54. The molecule has 4 heteroatoms. The van der Waals surface area contributed by atoms with Gasteiger partial charge in [-0.25, -0.2) is 0 Å². The molecule has 1 rings (SSSR count). The molecule has 0 amide bonds. The van der Waals surface area contributed by atoms with Crippen molar-refractivity contribution in [2.24, 2.45) is 5.73 Å². The van der Waals surface area contributed by atoms with Gasteiger partial charge in [0.1, 0.15) is 0 Å². The molecule has 0 aliphatic carbocycles. The lowest BCUT2D eigenvalue weighted by Crippen LogP contribution is -2.31. The Morgan fingerprint density at radius 1 is 1.19 bits per heavy atom. The summed E-state index contributed by atoms with van der Waals surface area (Å²) < 4.78 is 0. The Balaban J connectivity index is 2.50. The van der Waals surface area contributed by atoms with E-state index >= 15 is 0 Å². The van der Waals surface area contributed by atoms with Gasteiger partial charge >= 0.3 is 0 Å². The summed E-state index contributed by atoms with van der Waals surface area (Å²) in [7, 11) is 0. The van der Waals surface area contributed by atoms with Crippen LogP contribution in [0.5, 0.6) is 0 Å². The van der Waals surface area contributed by atoms with Gasteiger partial charge in [-0.3, -0.25) is 0 Å². The molecule has 0 saturated heterocycles. The van der Waals surface area contributed by atoms with E-state index in [2.05, 4.69) is 11.8 Å². The number of rotatable bonds is 6. The SMILES string of the molecule is CCN(CCN)CCc1ccc(Cl)c(Cl)c1. The molecule has 1 aromatic rings. The number of hydrogen-bond acceptors (Lipinski definition) is 2. The smallest absolute Gasteiger partial charge is 0.0595 e. The summed E-state index contributed by atoms with van der Waals surface area (Å²) in [5, 5.41) is 1.24.